The molecule has 0 spiro atoms. The van der Waals surface area contributed by atoms with Gasteiger partial charge < -0.3 is 15.7 Å². The second-order valence-corrected chi connectivity index (χ2v) is 6.28. The normalized spacial score (nSPS) is 12.7. The summed E-state index contributed by atoms with van der Waals surface area (Å²) in [6, 6.07) is 8.64. The summed E-state index contributed by atoms with van der Waals surface area (Å²) in [5.74, 6) is -3.68. The quantitative estimate of drug-likeness (QED) is 0.641. The number of amides is 2. The van der Waals surface area contributed by atoms with Gasteiger partial charge in [0.25, 0.3) is 0 Å². The van der Waals surface area contributed by atoms with Crippen LogP contribution in [0.3, 0.4) is 0 Å². The number of nitrogens with one attached hydrogen (secondary N) is 2. The van der Waals surface area contributed by atoms with Gasteiger partial charge in [0.2, 0.25) is 11.8 Å². The monoisotopic (exact) mass is 390 g/mol. The molecule has 2 aromatic carbocycles. The van der Waals surface area contributed by atoms with Crippen molar-refractivity contribution in [1.82, 2.24) is 10.6 Å². The van der Waals surface area contributed by atoms with Crippen LogP contribution >= 0.6 is 0 Å². The van der Waals surface area contributed by atoms with Gasteiger partial charge in [-0.05, 0) is 29.3 Å². The highest BCUT2D eigenvalue weighted by molar-refractivity contribution is 5.90. The molecular formula is C20H20F2N2O4. The molecule has 0 saturated carbocycles. The van der Waals surface area contributed by atoms with Crippen LogP contribution in [-0.2, 0) is 27.2 Å². The van der Waals surface area contributed by atoms with Gasteiger partial charge >= 0.3 is 5.97 Å². The van der Waals surface area contributed by atoms with E-state index in [-0.39, 0.29) is 18.4 Å². The van der Waals surface area contributed by atoms with Gasteiger partial charge in [-0.15, -0.1) is 0 Å². The molecule has 0 bridgehead atoms. The zero-order valence-electron chi connectivity index (χ0n) is 15.1. The maximum Gasteiger partial charge on any atom is 0.326 e. The van der Waals surface area contributed by atoms with Crippen molar-refractivity contribution >= 4 is 17.8 Å². The van der Waals surface area contributed by atoms with Crippen molar-refractivity contribution in [3.63, 3.8) is 0 Å². The SMILES string of the molecule is CC(=O)N[C@H](Cc1ccccc1F)C(=O)N[C@@H](Cc1cccc(F)c1)C(=O)O. The first-order valence-electron chi connectivity index (χ1n) is 8.54. The van der Waals surface area contributed by atoms with Crippen LogP contribution in [0, 0.1) is 11.6 Å². The Balaban J connectivity index is 2.15. The Bertz CT molecular complexity index is 873. The lowest BCUT2D eigenvalue weighted by atomic mass is 10.0. The Morgan fingerprint density at radius 3 is 2.29 bits per heavy atom. The first-order chi connectivity index (χ1) is 13.3. The number of carboxylic acids is 1. The number of hydrogen-bond donors (Lipinski definition) is 3. The van der Waals surface area contributed by atoms with Crippen molar-refractivity contribution in [1.29, 1.82) is 0 Å². The molecule has 0 aromatic heterocycles. The van der Waals surface area contributed by atoms with E-state index in [9.17, 15) is 28.3 Å². The van der Waals surface area contributed by atoms with Crippen LogP contribution in [0.5, 0.6) is 0 Å². The molecule has 8 heteroatoms. The van der Waals surface area contributed by atoms with E-state index in [1.54, 1.807) is 6.07 Å². The smallest absolute Gasteiger partial charge is 0.326 e. The summed E-state index contributed by atoms with van der Waals surface area (Å²) in [4.78, 5) is 35.5. The molecule has 0 saturated heterocycles. The van der Waals surface area contributed by atoms with Crippen molar-refractivity contribution in [3.8, 4) is 0 Å². The van der Waals surface area contributed by atoms with Gasteiger partial charge in [-0.3, -0.25) is 9.59 Å². The second kappa shape index (κ2) is 9.59. The lowest BCUT2D eigenvalue weighted by molar-refractivity contribution is -0.142. The maximum atomic E-state index is 13.9. The van der Waals surface area contributed by atoms with Gasteiger partial charge in [-0.1, -0.05) is 30.3 Å². The van der Waals surface area contributed by atoms with Gasteiger partial charge in [0.15, 0.2) is 0 Å². The van der Waals surface area contributed by atoms with Crippen molar-refractivity contribution in [3.05, 3.63) is 71.3 Å². The van der Waals surface area contributed by atoms with E-state index in [1.165, 1.54) is 49.4 Å². The molecule has 3 N–H and O–H groups in total. The summed E-state index contributed by atoms with van der Waals surface area (Å²) < 4.78 is 27.2. The van der Waals surface area contributed by atoms with Crippen molar-refractivity contribution in [2.24, 2.45) is 0 Å². The van der Waals surface area contributed by atoms with Crippen LogP contribution < -0.4 is 10.6 Å². The number of aliphatic carboxylic acids is 1. The van der Waals surface area contributed by atoms with E-state index >= 15 is 0 Å². The predicted molar refractivity (Wildman–Crippen MR) is 97.4 cm³/mol. The van der Waals surface area contributed by atoms with Crippen molar-refractivity contribution in [2.45, 2.75) is 31.8 Å². The highest BCUT2D eigenvalue weighted by Crippen LogP contribution is 2.11. The third-order valence-electron chi connectivity index (χ3n) is 4.02. The van der Waals surface area contributed by atoms with E-state index in [4.69, 9.17) is 0 Å². The minimum absolute atomic E-state index is 0.147. The van der Waals surface area contributed by atoms with Crippen LogP contribution in [0.25, 0.3) is 0 Å². The van der Waals surface area contributed by atoms with Crippen LogP contribution in [0.1, 0.15) is 18.1 Å². The Hall–Kier alpha value is -3.29. The molecule has 0 aliphatic heterocycles. The molecule has 0 unspecified atom stereocenters. The third-order valence-corrected chi connectivity index (χ3v) is 4.02. The molecule has 0 aliphatic carbocycles. The number of carbonyl (C=O) groups is 3. The van der Waals surface area contributed by atoms with Crippen LogP contribution in [0.15, 0.2) is 48.5 Å². The Morgan fingerprint density at radius 2 is 1.68 bits per heavy atom. The molecule has 6 nitrogen and oxygen atoms in total. The minimum Gasteiger partial charge on any atom is -0.480 e. The fourth-order valence-electron chi connectivity index (χ4n) is 2.71. The summed E-state index contributed by atoms with van der Waals surface area (Å²) in [6.07, 6.45) is -0.296. The van der Waals surface area contributed by atoms with E-state index < -0.39 is 41.5 Å². The fourth-order valence-corrected chi connectivity index (χ4v) is 2.71. The maximum absolute atomic E-state index is 13.9. The number of carboxylic acid groups (broad SMARTS) is 1. The van der Waals surface area contributed by atoms with Crippen molar-refractivity contribution in [2.75, 3.05) is 0 Å². The first-order valence-corrected chi connectivity index (χ1v) is 8.54. The molecule has 28 heavy (non-hydrogen) atoms. The van der Waals surface area contributed by atoms with Gasteiger partial charge in [0.1, 0.15) is 23.7 Å². The van der Waals surface area contributed by atoms with Gasteiger partial charge in [0.05, 0.1) is 0 Å². The van der Waals surface area contributed by atoms with Gasteiger partial charge in [-0.25, -0.2) is 13.6 Å². The first kappa shape index (κ1) is 21.0. The van der Waals surface area contributed by atoms with E-state index in [0.29, 0.717) is 5.56 Å². The van der Waals surface area contributed by atoms with Crippen molar-refractivity contribution < 1.29 is 28.3 Å². The summed E-state index contributed by atoms with van der Waals surface area (Å²) in [7, 11) is 0. The zero-order valence-corrected chi connectivity index (χ0v) is 15.1. The summed E-state index contributed by atoms with van der Waals surface area (Å²) >= 11 is 0. The van der Waals surface area contributed by atoms with Gasteiger partial charge in [-0.2, -0.15) is 0 Å². The number of rotatable bonds is 8. The summed E-state index contributed by atoms with van der Waals surface area (Å²) in [5, 5.41) is 14.1. The topological polar surface area (TPSA) is 95.5 Å². The minimum atomic E-state index is -1.34. The number of halogens is 2. The molecular weight excluding hydrogens is 370 g/mol. The van der Waals surface area contributed by atoms with E-state index in [2.05, 4.69) is 10.6 Å². The fraction of sp³-hybridized carbons (Fsp3) is 0.250. The second-order valence-electron chi connectivity index (χ2n) is 6.28. The highest BCUT2D eigenvalue weighted by Gasteiger charge is 2.27. The Kier molecular flexibility index (Phi) is 7.20. The molecule has 0 aliphatic rings. The third kappa shape index (κ3) is 6.15. The molecule has 2 aromatic rings. The summed E-state index contributed by atoms with van der Waals surface area (Å²) in [6.45, 7) is 1.20. The molecule has 2 atom stereocenters. The summed E-state index contributed by atoms with van der Waals surface area (Å²) in [5.41, 5.74) is 0.589. The van der Waals surface area contributed by atoms with Gasteiger partial charge in [0, 0.05) is 19.8 Å². The van der Waals surface area contributed by atoms with Crippen LogP contribution in [0.4, 0.5) is 8.78 Å². The Labute approximate surface area is 160 Å². The molecule has 0 radical (unpaired) electrons. The van der Waals surface area contributed by atoms with Crippen LogP contribution in [-0.4, -0.2) is 35.0 Å². The van der Waals surface area contributed by atoms with Crippen LogP contribution in [0.2, 0.25) is 0 Å². The van der Waals surface area contributed by atoms with E-state index in [0.717, 1.165) is 0 Å². The average molecular weight is 390 g/mol. The molecule has 148 valence electrons. The average Bonchev–Trinajstić information content (AvgIpc) is 2.62. The lowest BCUT2D eigenvalue weighted by Crippen LogP contribution is -2.52. The largest absolute Gasteiger partial charge is 0.480 e. The number of benzene rings is 2. The standard InChI is InChI=1S/C20H20F2N2O4/c1-12(25)23-17(11-14-6-2-3-8-16(14)22)19(26)24-18(20(27)28)10-13-5-4-7-15(21)9-13/h2-9,17-18H,10-11H2,1H3,(H,23,25)(H,24,26)(H,27,28)/t17-,18+/m1/s1. The molecule has 0 fully saturated rings. The zero-order chi connectivity index (χ0) is 20.7. The number of carbonyl (C=O) groups excluding carboxylic acids is 2. The predicted octanol–water partition coefficient (Wildman–Crippen LogP) is 1.82. The Morgan fingerprint density at radius 1 is 0.964 bits per heavy atom. The lowest BCUT2D eigenvalue weighted by Gasteiger charge is -2.21. The number of hydrogen-bond acceptors (Lipinski definition) is 3. The molecule has 2 rings (SSSR count). The molecule has 2 amide bonds. The highest BCUT2D eigenvalue weighted by atomic mass is 19.1. The van der Waals surface area contributed by atoms with E-state index in [1.807, 2.05) is 0 Å². The molecule has 0 heterocycles.